The van der Waals surface area contributed by atoms with Crippen LogP contribution >= 0.6 is 15.9 Å². The largest absolute Gasteiger partial charge is 0.490 e. The standard InChI is InChI=1S/C20H21BrN4O5/c1-3-29-17-10-13(11-23-25-20(28)19(27)22-2)4-9-16(17)30-12-18(26)24-15-7-5-14(21)6-8-15/h4-11H,3,12H2,1-2H3,(H,22,27)(H,24,26)(H,25,28)/b23-11-. The number of likely N-dealkylation sites (N-methyl/N-ethyl adjacent to an activating group) is 1. The molecule has 0 unspecified atom stereocenters. The molecule has 0 aliphatic carbocycles. The van der Waals surface area contributed by atoms with Crippen molar-refractivity contribution in [3.05, 3.63) is 52.5 Å². The summed E-state index contributed by atoms with van der Waals surface area (Å²) in [4.78, 5) is 34.6. The molecule has 0 saturated heterocycles. The molecule has 158 valence electrons. The van der Waals surface area contributed by atoms with E-state index in [0.717, 1.165) is 4.47 Å². The zero-order valence-corrected chi connectivity index (χ0v) is 18.0. The van der Waals surface area contributed by atoms with Crippen LogP contribution in [0, 0.1) is 0 Å². The number of anilines is 1. The molecule has 3 amide bonds. The fourth-order valence-electron chi connectivity index (χ4n) is 2.20. The molecule has 2 rings (SSSR count). The first kappa shape index (κ1) is 22.9. The number of hydrogen-bond acceptors (Lipinski definition) is 6. The molecule has 0 saturated carbocycles. The minimum absolute atomic E-state index is 0.203. The van der Waals surface area contributed by atoms with Crippen molar-refractivity contribution in [1.82, 2.24) is 10.7 Å². The normalized spacial score (nSPS) is 10.4. The molecular weight excluding hydrogens is 456 g/mol. The quantitative estimate of drug-likeness (QED) is 0.306. The van der Waals surface area contributed by atoms with Crippen molar-refractivity contribution in [2.45, 2.75) is 6.92 Å². The Kier molecular flexibility index (Phi) is 8.82. The van der Waals surface area contributed by atoms with Gasteiger partial charge in [0.15, 0.2) is 18.1 Å². The second-order valence-corrected chi connectivity index (χ2v) is 6.68. The van der Waals surface area contributed by atoms with Gasteiger partial charge in [0.05, 0.1) is 12.8 Å². The summed E-state index contributed by atoms with van der Waals surface area (Å²) in [5, 5.41) is 8.65. The summed E-state index contributed by atoms with van der Waals surface area (Å²) in [5.74, 6) is -1.20. The average Bonchev–Trinajstić information content (AvgIpc) is 2.74. The summed E-state index contributed by atoms with van der Waals surface area (Å²) in [5.41, 5.74) is 3.36. The van der Waals surface area contributed by atoms with Gasteiger partial charge in [0, 0.05) is 17.2 Å². The topological polar surface area (TPSA) is 118 Å². The summed E-state index contributed by atoms with van der Waals surface area (Å²) in [7, 11) is 1.35. The highest BCUT2D eigenvalue weighted by Gasteiger charge is 2.11. The van der Waals surface area contributed by atoms with E-state index in [0.29, 0.717) is 29.4 Å². The Bertz CT molecular complexity index is 931. The monoisotopic (exact) mass is 476 g/mol. The Hall–Kier alpha value is -3.40. The first-order valence-electron chi connectivity index (χ1n) is 8.93. The van der Waals surface area contributed by atoms with Crippen LogP contribution in [-0.2, 0) is 14.4 Å². The molecule has 0 radical (unpaired) electrons. The molecule has 2 aromatic carbocycles. The van der Waals surface area contributed by atoms with Gasteiger partial charge in [0.1, 0.15) is 0 Å². The van der Waals surface area contributed by atoms with Crippen LogP contribution in [0.15, 0.2) is 52.0 Å². The zero-order valence-electron chi connectivity index (χ0n) is 16.4. The second-order valence-electron chi connectivity index (χ2n) is 5.76. The van der Waals surface area contributed by atoms with Crippen molar-refractivity contribution in [3.8, 4) is 11.5 Å². The van der Waals surface area contributed by atoms with Gasteiger partial charge in [0.2, 0.25) is 0 Å². The van der Waals surface area contributed by atoms with E-state index < -0.39 is 11.8 Å². The van der Waals surface area contributed by atoms with Crippen LogP contribution in [0.5, 0.6) is 11.5 Å². The molecule has 30 heavy (non-hydrogen) atoms. The lowest BCUT2D eigenvalue weighted by molar-refractivity contribution is -0.138. The van der Waals surface area contributed by atoms with Crippen LogP contribution in [0.4, 0.5) is 5.69 Å². The zero-order chi connectivity index (χ0) is 21.9. The molecule has 0 bridgehead atoms. The van der Waals surface area contributed by atoms with Crippen LogP contribution in [0.1, 0.15) is 12.5 Å². The van der Waals surface area contributed by atoms with Crippen molar-refractivity contribution < 1.29 is 23.9 Å². The van der Waals surface area contributed by atoms with Crippen LogP contribution < -0.4 is 25.5 Å². The molecule has 3 N–H and O–H groups in total. The molecule has 0 atom stereocenters. The fraction of sp³-hybridized carbons (Fsp3) is 0.200. The number of benzene rings is 2. The third-order valence-electron chi connectivity index (χ3n) is 3.57. The number of carbonyl (C=O) groups excluding carboxylic acids is 3. The van der Waals surface area contributed by atoms with Gasteiger partial charge in [-0.3, -0.25) is 14.4 Å². The molecule has 2 aromatic rings. The molecule has 0 heterocycles. The van der Waals surface area contributed by atoms with E-state index in [1.165, 1.54) is 13.3 Å². The molecule has 0 spiro atoms. The second kappa shape index (κ2) is 11.6. The van der Waals surface area contributed by atoms with Crippen LogP contribution in [0.2, 0.25) is 0 Å². The third kappa shape index (κ3) is 7.21. The maximum absolute atomic E-state index is 12.1. The van der Waals surface area contributed by atoms with Crippen molar-refractivity contribution >= 4 is 45.6 Å². The van der Waals surface area contributed by atoms with E-state index in [9.17, 15) is 14.4 Å². The first-order chi connectivity index (χ1) is 14.4. The Morgan fingerprint density at radius 3 is 2.43 bits per heavy atom. The average molecular weight is 477 g/mol. The molecule has 10 heteroatoms. The smallest absolute Gasteiger partial charge is 0.329 e. The summed E-state index contributed by atoms with van der Waals surface area (Å²) >= 11 is 3.33. The number of rotatable bonds is 8. The van der Waals surface area contributed by atoms with E-state index in [-0.39, 0.29) is 12.5 Å². The molecule has 0 fully saturated rings. The lowest BCUT2D eigenvalue weighted by Crippen LogP contribution is -2.35. The van der Waals surface area contributed by atoms with E-state index in [2.05, 4.69) is 37.1 Å². The Balaban J connectivity index is 1.98. The molecule has 0 aromatic heterocycles. The SMILES string of the molecule is CCOc1cc(/C=N\NC(=O)C(=O)NC)ccc1OCC(=O)Nc1ccc(Br)cc1. The number of carbonyl (C=O) groups is 3. The Labute approximate surface area is 182 Å². The van der Waals surface area contributed by atoms with E-state index in [4.69, 9.17) is 9.47 Å². The summed E-state index contributed by atoms with van der Waals surface area (Å²) < 4.78 is 12.0. The van der Waals surface area contributed by atoms with Crippen LogP contribution in [0.25, 0.3) is 0 Å². The molecule has 0 aliphatic heterocycles. The number of halogens is 1. The lowest BCUT2D eigenvalue weighted by atomic mass is 10.2. The fourth-order valence-corrected chi connectivity index (χ4v) is 2.46. The van der Waals surface area contributed by atoms with E-state index >= 15 is 0 Å². The maximum atomic E-state index is 12.1. The third-order valence-corrected chi connectivity index (χ3v) is 4.10. The van der Waals surface area contributed by atoms with Crippen molar-refractivity contribution in [3.63, 3.8) is 0 Å². The van der Waals surface area contributed by atoms with Crippen molar-refractivity contribution in [2.24, 2.45) is 5.10 Å². The van der Waals surface area contributed by atoms with E-state index in [1.807, 2.05) is 19.1 Å². The minimum Gasteiger partial charge on any atom is -0.490 e. The van der Waals surface area contributed by atoms with E-state index in [1.54, 1.807) is 30.3 Å². The van der Waals surface area contributed by atoms with Gasteiger partial charge in [-0.1, -0.05) is 15.9 Å². The van der Waals surface area contributed by atoms with Crippen LogP contribution in [0.3, 0.4) is 0 Å². The van der Waals surface area contributed by atoms with Gasteiger partial charge in [-0.25, -0.2) is 5.43 Å². The predicted octanol–water partition coefficient (Wildman–Crippen LogP) is 2.06. The number of hydrazone groups is 1. The highest BCUT2D eigenvalue weighted by Crippen LogP contribution is 2.28. The van der Waals surface area contributed by atoms with Gasteiger partial charge in [0.25, 0.3) is 5.91 Å². The number of amides is 3. The van der Waals surface area contributed by atoms with Crippen molar-refractivity contribution in [2.75, 3.05) is 25.6 Å². The van der Waals surface area contributed by atoms with Gasteiger partial charge in [-0.2, -0.15) is 5.10 Å². The lowest BCUT2D eigenvalue weighted by Gasteiger charge is -2.12. The van der Waals surface area contributed by atoms with Gasteiger partial charge >= 0.3 is 11.8 Å². The number of nitrogens with one attached hydrogen (secondary N) is 3. The summed E-state index contributed by atoms with van der Waals surface area (Å²) in [6, 6.07) is 12.1. The minimum atomic E-state index is -0.879. The molecule has 9 nitrogen and oxygen atoms in total. The van der Waals surface area contributed by atoms with Crippen molar-refractivity contribution in [1.29, 1.82) is 0 Å². The number of hydrogen-bond donors (Lipinski definition) is 3. The first-order valence-corrected chi connectivity index (χ1v) is 9.72. The highest BCUT2D eigenvalue weighted by molar-refractivity contribution is 9.10. The number of ether oxygens (including phenoxy) is 2. The van der Waals surface area contributed by atoms with Gasteiger partial charge < -0.3 is 20.1 Å². The predicted molar refractivity (Wildman–Crippen MR) is 116 cm³/mol. The Morgan fingerprint density at radius 2 is 1.77 bits per heavy atom. The van der Waals surface area contributed by atoms with Gasteiger partial charge in [-0.05, 0) is 55.0 Å². The molecule has 0 aliphatic rings. The summed E-state index contributed by atoms with van der Waals surface area (Å²) in [6.07, 6.45) is 1.35. The highest BCUT2D eigenvalue weighted by atomic mass is 79.9. The number of nitrogens with zero attached hydrogens (tertiary/aromatic N) is 1. The van der Waals surface area contributed by atoms with Crippen LogP contribution in [-0.4, -0.2) is 44.2 Å². The molecular formula is C20H21BrN4O5. The summed E-state index contributed by atoms with van der Waals surface area (Å²) in [6.45, 7) is 2.00. The Morgan fingerprint density at radius 1 is 1.03 bits per heavy atom. The maximum Gasteiger partial charge on any atom is 0.329 e. The van der Waals surface area contributed by atoms with Gasteiger partial charge in [-0.15, -0.1) is 0 Å².